The summed E-state index contributed by atoms with van der Waals surface area (Å²) < 4.78 is 40.3. The minimum Gasteiger partial charge on any atom is -0.377 e. The van der Waals surface area contributed by atoms with Crippen LogP contribution in [0.25, 0.3) is 0 Å². The van der Waals surface area contributed by atoms with E-state index in [0.717, 1.165) is 25.0 Å². The molecule has 0 aromatic heterocycles. The Balaban J connectivity index is 2.01. The number of halogens is 1. The number of nitrogens with one attached hydrogen (secondary N) is 1. The predicted molar refractivity (Wildman–Crippen MR) is 71.2 cm³/mol. The Morgan fingerprint density at radius 3 is 2.95 bits per heavy atom. The molecule has 1 aromatic rings. The Hall–Kier alpha value is -1.08. The summed E-state index contributed by atoms with van der Waals surface area (Å²) in [6.07, 6.45) is 3.64. The highest BCUT2D eigenvalue weighted by Crippen LogP contribution is 2.17. The Morgan fingerprint density at radius 1 is 1.47 bits per heavy atom. The van der Waals surface area contributed by atoms with Gasteiger partial charge in [0.05, 0.1) is 13.2 Å². The van der Waals surface area contributed by atoms with Gasteiger partial charge in [0.1, 0.15) is 5.82 Å². The third-order valence-electron chi connectivity index (χ3n) is 2.99. The van der Waals surface area contributed by atoms with E-state index in [0.29, 0.717) is 12.2 Å². The molecule has 2 rings (SSSR count). The van der Waals surface area contributed by atoms with Crippen LogP contribution in [0.1, 0.15) is 17.5 Å². The van der Waals surface area contributed by atoms with E-state index >= 15 is 0 Å². The molecule has 0 fully saturated rings. The summed E-state index contributed by atoms with van der Waals surface area (Å²) in [4.78, 5) is 0. The molecule has 2 N–H and O–H groups in total. The highest BCUT2D eigenvalue weighted by atomic mass is 32.2. The third-order valence-corrected chi connectivity index (χ3v) is 3.38. The first kappa shape index (κ1) is 14.3. The van der Waals surface area contributed by atoms with E-state index in [1.165, 1.54) is 11.6 Å². The average Bonchev–Trinajstić information content (AvgIpc) is 2.39. The minimum absolute atomic E-state index is 0.0335. The second-order valence-corrected chi connectivity index (χ2v) is 5.15. The standard InChI is InChI=1S/C13H16FNO3S/c14-13-8-11(7-10-3-5-18-6-4-10)1-2-12(13)9-15-19(16)17/h1-3,8,15H,4-7,9H2,(H,16,17). The van der Waals surface area contributed by atoms with Crippen LogP contribution in [-0.4, -0.2) is 22.0 Å². The monoisotopic (exact) mass is 285 g/mol. The van der Waals surface area contributed by atoms with Crippen molar-refractivity contribution in [2.24, 2.45) is 0 Å². The zero-order valence-corrected chi connectivity index (χ0v) is 11.2. The molecule has 0 radical (unpaired) electrons. The zero-order valence-electron chi connectivity index (χ0n) is 10.4. The molecule has 0 aliphatic carbocycles. The lowest BCUT2D eigenvalue weighted by Gasteiger charge is -2.14. The molecule has 1 unspecified atom stereocenters. The third kappa shape index (κ3) is 4.50. The molecule has 1 heterocycles. The fourth-order valence-electron chi connectivity index (χ4n) is 1.97. The van der Waals surface area contributed by atoms with Crippen LogP contribution in [0.5, 0.6) is 0 Å². The van der Waals surface area contributed by atoms with Crippen molar-refractivity contribution in [2.75, 3.05) is 13.2 Å². The smallest absolute Gasteiger partial charge is 0.232 e. The van der Waals surface area contributed by atoms with Crippen LogP contribution in [0.3, 0.4) is 0 Å². The number of ether oxygens (including phenoxy) is 1. The molecule has 1 aromatic carbocycles. The van der Waals surface area contributed by atoms with E-state index in [1.54, 1.807) is 6.07 Å². The van der Waals surface area contributed by atoms with E-state index in [-0.39, 0.29) is 12.4 Å². The number of rotatable bonds is 5. The first-order valence-corrected chi connectivity index (χ1v) is 7.13. The van der Waals surface area contributed by atoms with Crippen molar-refractivity contribution in [3.63, 3.8) is 0 Å². The number of benzene rings is 1. The molecule has 6 heteroatoms. The van der Waals surface area contributed by atoms with Gasteiger partial charge in [-0.05, 0) is 24.5 Å². The van der Waals surface area contributed by atoms with Crippen LogP contribution in [-0.2, 0) is 29.0 Å². The van der Waals surface area contributed by atoms with Gasteiger partial charge in [0.15, 0.2) is 0 Å². The Bertz CT molecular complexity index is 505. The minimum atomic E-state index is -2.12. The van der Waals surface area contributed by atoms with Gasteiger partial charge in [-0.3, -0.25) is 4.55 Å². The summed E-state index contributed by atoms with van der Waals surface area (Å²) in [7, 11) is 0. The van der Waals surface area contributed by atoms with Gasteiger partial charge in [-0.15, -0.1) is 0 Å². The molecule has 0 amide bonds. The van der Waals surface area contributed by atoms with Crippen LogP contribution in [0.4, 0.5) is 4.39 Å². The summed E-state index contributed by atoms with van der Waals surface area (Å²) in [5.74, 6) is -0.358. The van der Waals surface area contributed by atoms with Crippen molar-refractivity contribution in [1.29, 1.82) is 0 Å². The van der Waals surface area contributed by atoms with Crippen molar-refractivity contribution in [1.82, 2.24) is 4.72 Å². The Kier molecular flexibility index (Phi) is 5.21. The van der Waals surface area contributed by atoms with Gasteiger partial charge in [0.25, 0.3) is 0 Å². The summed E-state index contributed by atoms with van der Waals surface area (Å²) in [5.41, 5.74) is 2.54. The van der Waals surface area contributed by atoms with E-state index in [4.69, 9.17) is 9.29 Å². The highest BCUT2D eigenvalue weighted by Gasteiger charge is 2.08. The molecule has 0 saturated heterocycles. The van der Waals surface area contributed by atoms with Gasteiger partial charge in [0.2, 0.25) is 11.3 Å². The fourth-order valence-corrected chi connectivity index (χ4v) is 2.25. The highest BCUT2D eigenvalue weighted by molar-refractivity contribution is 7.77. The molecule has 0 bridgehead atoms. The molecule has 1 aliphatic rings. The lowest BCUT2D eigenvalue weighted by Crippen LogP contribution is -2.16. The van der Waals surface area contributed by atoms with Crippen LogP contribution in [0.2, 0.25) is 0 Å². The topological polar surface area (TPSA) is 58.6 Å². The predicted octanol–water partition coefficient (Wildman–Crippen LogP) is 1.94. The lowest BCUT2D eigenvalue weighted by molar-refractivity contribution is 0.154. The summed E-state index contributed by atoms with van der Waals surface area (Å²) in [5, 5.41) is 0. The van der Waals surface area contributed by atoms with Crippen molar-refractivity contribution >= 4 is 11.3 Å². The summed E-state index contributed by atoms with van der Waals surface area (Å²) >= 11 is -2.12. The maximum absolute atomic E-state index is 13.8. The van der Waals surface area contributed by atoms with E-state index in [1.807, 2.05) is 12.1 Å². The first-order chi connectivity index (χ1) is 9.15. The molecule has 104 valence electrons. The molecular formula is C13H16FNO3S. The average molecular weight is 285 g/mol. The molecule has 1 aliphatic heterocycles. The molecule has 0 saturated carbocycles. The molecule has 0 spiro atoms. The lowest BCUT2D eigenvalue weighted by atomic mass is 10.0. The van der Waals surface area contributed by atoms with Crippen LogP contribution in [0, 0.1) is 5.82 Å². The zero-order chi connectivity index (χ0) is 13.7. The van der Waals surface area contributed by atoms with Crippen molar-refractivity contribution < 1.29 is 17.9 Å². The Morgan fingerprint density at radius 2 is 2.32 bits per heavy atom. The number of hydrogen-bond acceptors (Lipinski definition) is 2. The largest absolute Gasteiger partial charge is 0.377 e. The summed E-state index contributed by atoms with van der Waals surface area (Å²) in [6, 6.07) is 4.97. The maximum Gasteiger partial charge on any atom is 0.232 e. The van der Waals surface area contributed by atoms with Crippen molar-refractivity contribution in [3.8, 4) is 0 Å². The second-order valence-electron chi connectivity index (χ2n) is 4.36. The van der Waals surface area contributed by atoms with Gasteiger partial charge in [-0.2, -0.15) is 0 Å². The van der Waals surface area contributed by atoms with Gasteiger partial charge >= 0.3 is 0 Å². The first-order valence-electron chi connectivity index (χ1n) is 6.02. The molecule has 1 atom stereocenters. The van der Waals surface area contributed by atoms with Gasteiger partial charge in [-0.1, -0.05) is 23.8 Å². The van der Waals surface area contributed by atoms with Crippen LogP contribution in [0.15, 0.2) is 29.8 Å². The normalized spacial score (nSPS) is 17.1. The quantitative estimate of drug-likeness (QED) is 0.642. The van der Waals surface area contributed by atoms with Crippen LogP contribution >= 0.6 is 0 Å². The van der Waals surface area contributed by atoms with E-state index in [2.05, 4.69) is 4.72 Å². The molecule has 4 nitrogen and oxygen atoms in total. The number of hydrogen-bond donors (Lipinski definition) is 2. The fraction of sp³-hybridized carbons (Fsp3) is 0.385. The second kappa shape index (κ2) is 6.91. The van der Waals surface area contributed by atoms with Crippen molar-refractivity contribution in [2.45, 2.75) is 19.4 Å². The van der Waals surface area contributed by atoms with Gasteiger partial charge in [-0.25, -0.2) is 13.3 Å². The molecule has 19 heavy (non-hydrogen) atoms. The maximum atomic E-state index is 13.8. The van der Waals surface area contributed by atoms with E-state index in [9.17, 15) is 8.60 Å². The molecular weight excluding hydrogens is 269 g/mol. The van der Waals surface area contributed by atoms with Crippen molar-refractivity contribution in [3.05, 3.63) is 46.8 Å². The SMILES string of the molecule is O=S(O)NCc1ccc(CC2=CCOCC2)cc1F. The van der Waals surface area contributed by atoms with Gasteiger partial charge in [0, 0.05) is 12.1 Å². The Labute approximate surface area is 114 Å². The van der Waals surface area contributed by atoms with Gasteiger partial charge < -0.3 is 4.74 Å². The summed E-state index contributed by atoms with van der Waals surface area (Å²) in [6.45, 7) is 1.38. The van der Waals surface area contributed by atoms with Crippen LogP contribution < -0.4 is 4.72 Å². The van der Waals surface area contributed by atoms with E-state index < -0.39 is 11.3 Å².